The van der Waals surface area contributed by atoms with Gasteiger partial charge in [0.25, 0.3) is 0 Å². The van der Waals surface area contributed by atoms with Crippen LogP contribution in [0.1, 0.15) is 42.7 Å². The standard InChI is InChI=1S/C28H32F2N4O3/c29-22-14-19(15-23(30)16-22)3-4-27(36)33-12-7-21(8-13-33)26(18-35)32-10-5-20(6-11-32)25-17-31-28-24(25)2-1-9-34(28)37/h1-4,9,14-17,20-21,26,35,37H,5-8,10-13,18H2. The van der Waals surface area contributed by atoms with Crippen molar-refractivity contribution in [3.63, 3.8) is 0 Å². The van der Waals surface area contributed by atoms with Crippen molar-refractivity contribution in [2.24, 2.45) is 5.92 Å². The molecule has 0 bridgehead atoms. The average Bonchev–Trinajstić information content (AvgIpc) is 3.34. The molecule has 2 saturated heterocycles. The lowest BCUT2D eigenvalue weighted by Gasteiger charge is -2.43. The monoisotopic (exact) mass is 510 g/mol. The lowest BCUT2D eigenvalue weighted by atomic mass is 9.84. The first kappa shape index (κ1) is 25.4. The van der Waals surface area contributed by atoms with E-state index in [4.69, 9.17) is 0 Å². The number of aromatic nitrogens is 2. The second-order valence-electron chi connectivity index (χ2n) is 10.1. The first-order valence-electron chi connectivity index (χ1n) is 12.9. The number of fused-ring (bicyclic) bond motifs is 1. The average molecular weight is 511 g/mol. The van der Waals surface area contributed by atoms with Crippen LogP contribution in [0.15, 0.2) is 48.8 Å². The molecule has 7 nitrogen and oxygen atoms in total. The van der Waals surface area contributed by atoms with Crippen LogP contribution in [0, 0.1) is 17.6 Å². The molecule has 4 aliphatic heterocycles. The van der Waals surface area contributed by atoms with E-state index < -0.39 is 11.6 Å². The number of likely N-dealkylation sites (tertiary alicyclic amines) is 2. The van der Waals surface area contributed by atoms with Gasteiger partial charge in [-0.25, -0.2) is 13.8 Å². The summed E-state index contributed by atoms with van der Waals surface area (Å²) in [6.45, 7) is 3.01. The summed E-state index contributed by atoms with van der Waals surface area (Å²) in [5, 5.41) is 20.2. The Bertz CT molecular complexity index is 1210. The Kier molecular flexibility index (Phi) is 7.53. The Hall–Kier alpha value is -3.30. The fourth-order valence-electron chi connectivity index (χ4n) is 5.92. The summed E-state index contributed by atoms with van der Waals surface area (Å²) in [6, 6.07) is 7.04. The predicted octanol–water partition coefficient (Wildman–Crippen LogP) is 4.00. The molecule has 4 heterocycles. The van der Waals surface area contributed by atoms with Crippen molar-refractivity contribution in [3.05, 3.63) is 71.6 Å². The molecule has 2 fully saturated rings. The van der Waals surface area contributed by atoms with Crippen molar-refractivity contribution in [2.45, 2.75) is 37.6 Å². The van der Waals surface area contributed by atoms with Gasteiger partial charge in [-0.05, 0) is 92.1 Å². The zero-order valence-corrected chi connectivity index (χ0v) is 20.6. The number of amides is 1. The smallest absolute Gasteiger partial charge is 0.246 e. The molecular formula is C28H32F2N4O3. The van der Waals surface area contributed by atoms with E-state index in [-0.39, 0.29) is 18.6 Å². The summed E-state index contributed by atoms with van der Waals surface area (Å²) < 4.78 is 27.8. The molecule has 1 unspecified atom stereocenters. The fourth-order valence-corrected chi connectivity index (χ4v) is 5.92. The molecule has 1 aromatic rings. The lowest BCUT2D eigenvalue weighted by Crippen LogP contribution is -2.50. The van der Waals surface area contributed by atoms with Crippen LogP contribution in [0.4, 0.5) is 8.78 Å². The largest absolute Gasteiger partial charge is 0.427 e. The molecule has 1 amide bonds. The molecule has 196 valence electrons. The molecule has 1 atom stereocenters. The second-order valence-corrected chi connectivity index (χ2v) is 10.1. The van der Waals surface area contributed by atoms with Crippen LogP contribution in [0.3, 0.4) is 0 Å². The van der Waals surface area contributed by atoms with Crippen molar-refractivity contribution in [1.29, 1.82) is 0 Å². The van der Waals surface area contributed by atoms with Gasteiger partial charge < -0.3 is 15.2 Å². The minimum Gasteiger partial charge on any atom is -0.427 e. The van der Waals surface area contributed by atoms with Crippen LogP contribution in [-0.2, 0) is 4.79 Å². The van der Waals surface area contributed by atoms with E-state index in [1.54, 1.807) is 11.1 Å². The Morgan fingerprint density at radius 1 is 1.08 bits per heavy atom. The van der Waals surface area contributed by atoms with E-state index in [0.29, 0.717) is 36.3 Å². The molecule has 0 aromatic heterocycles. The van der Waals surface area contributed by atoms with Crippen molar-refractivity contribution < 1.29 is 23.9 Å². The summed E-state index contributed by atoms with van der Waals surface area (Å²) in [5.74, 6) is -0.297. The number of hydrogen-bond acceptors (Lipinski definition) is 5. The molecule has 5 rings (SSSR count). The van der Waals surface area contributed by atoms with E-state index in [0.717, 1.165) is 55.1 Å². The van der Waals surface area contributed by atoms with Crippen molar-refractivity contribution in [2.75, 3.05) is 32.8 Å². The Morgan fingerprint density at radius 3 is 2.46 bits per heavy atom. The van der Waals surface area contributed by atoms with Crippen LogP contribution in [-0.4, -0.2) is 74.6 Å². The Morgan fingerprint density at radius 2 is 1.78 bits per heavy atom. The highest BCUT2D eigenvalue weighted by molar-refractivity contribution is 5.91. The van der Waals surface area contributed by atoms with E-state index in [9.17, 15) is 23.9 Å². The van der Waals surface area contributed by atoms with Crippen molar-refractivity contribution >= 4 is 12.0 Å². The number of nitrogens with zero attached hydrogens (tertiary/aromatic N) is 4. The maximum Gasteiger partial charge on any atom is 0.246 e. The Balaban J connectivity index is 1.14. The van der Waals surface area contributed by atoms with Gasteiger partial charge in [-0.3, -0.25) is 9.69 Å². The number of piperidine rings is 2. The summed E-state index contributed by atoms with van der Waals surface area (Å²) in [5.41, 5.74) is 2.46. The van der Waals surface area contributed by atoms with E-state index >= 15 is 0 Å². The normalized spacial score (nSPS) is 19.2. The molecule has 0 saturated carbocycles. The maximum absolute atomic E-state index is 13.4. The zero-order chi connectivity index (χ0) is 25.9. The minimum atomic E-state index is -0.676. The number of hydrogen-bond donors (Lipinski definition) is 2. The molecule has 1 aromatic carbocycles. The first-order chi connectivity index (χ1) is 17.9. The number of carbonyl (C=O) groups is 1. The van der Waals surface area contributed by atoms with Crippen LogP contribution in [0.2, 0.25) is 0 Å². The van der Waals surface area contributed by atoms with Crippen LogP contribution >= 0.6 is 0 Å². The number of pyridine rings is 1. The number of aliphatic hydroxyl groups excluding tert-OH is 1. The number of halogens is 2. The number of benzene rings is 1. The molecule has 0 spiro atoms. The van der Waals surface area contributed by atoms with Gasteiger partial charge in [-0.15, -0.1) is 0 Å². The van der Waals surface area contributed by atoms with Crippen LogP contribution in [0.25, 0.3) is 17.5 Å². The molecule has 2 N–H and O–H groups in total. The summed E-state index contributed by atoms with van der Waals surface area (Å²) in [6.07, 6.45) is 9.76. The highest BCUT2D eigenvalue weighted by Crippen LogP contribution is 2.37. The van der Waals surface area contributed by atoms with Gasteiger partial charge in [-0.2, -0.15) is 4.73 Å². The fraction of sp³-hybridized carbons (Fsp3) is 0.429. The molecule has 4 aliphatic rings. The quantitative estimate of drug-likeness (QED) is 0.387. The number of aliphatic hydroxyl groups is 1. The summed E-state index contributed by atoms with van der Waals surface area (Å²) in [7, 11) is 0. The van der Waals surface area contributed by atoms with E-state index in [1.165, 1.54) is 29.8 Å². The van der Waals surface area contributed by atoms with Gasteiger partial charge >= 0.3 is 0 Å². The number of carbonyl (C=O) groups excluding carboxylic acids is 1. The second kappa shape index (κ2) is 11.0. The van der Waals surface area contributed by atoms with Crippen LogP contribution < -0.4 is 0 Å². The first-order valence-corrected chi connectivity index (χ1v) is 12.9. The van der Waals surface area contributed by atoms with Gasteiger partial charge in [0.15, 0.2) is 5.82 Å². The van der Waals surface area contributed by atoms with Gasteiger partial charge in [0.05, 0.1) is 6.61 Å². The molecule has 0 aliphatic carbocycles. The van der Waals surface area contributed by atoms with Crippen LogP contribution in [0.5, 0.6) is 0 Å². The zero-order valence-electron chi connectivity index (χ0n) is 20.6. The molecular weight excluding hydrogens is 478 g/mol. The Labute approximate surface area is 214 Å². The van der Waals surface area contributed by atoms with Crippen molar-refractivity contribution in [1.82, 2.24) is 19.5 Å². The minimum absolute atomic E-state index is 0.0538. The third-order valence-corrected chi connectivity index (χ3v) is 7.91. The van der Waals surface area contributed by atoms with Gasteiger partial charge in [0, 0.05) is 49.2 Å². The lowest BCUT2D eigenvalue weighted by molar-refractivity contribution is -0.127. The van der Waals surface area contributed by atoms with E-state index in [1.807, 2.05) is 18.3 Å². The SMILES string of the molecule is O=C(C=Cc1cc(F)cc(F)c1)N1CCC(C(CO)N2CCC(c3cnc4n(O)cccc3-4)CC2)CC1. The van der Waals surface area contributed by atoms with Gasteiger partial charge in [0.1, 0.15) is 11.6 Å². The van der Waals surface area contributed by atoms with Gasteiger partial charge in [0.2, 0.25) is 5.91 Å². The maximum atomic E-state index is 13.4. The highest BCUT2D eigenvalue weighted by atomic mass is 19.1. The molecule has 37 heavy (non-hydrogen) atoms. The predicted molar refractivity (Wildman–Crippen MR) is 135 cm³/mol. The third-order valence-electron chi connectivity index (χ3n) is 7.91. The third kappa shape index (κ3) is 5.52. The summed E-state index contributed by atoms with van der Waals surface area (Å²) >= 11 is 0. The highest BCUT2D eigenvalue weighted by Gasteiger charge is 2.34. The topological polar surface area (TPSA) is 81.8 Å². The van der Waals surface area contributed by atoms with Crippen molar-refractivity contribution in [3.8, 4) is 11.4 Å². The molecule has 0 radical (unpaired) electrons. The van der Waals surface area contributed by atoms with Gasteiger partial charge in [-0.1, -0.05) is 0 Å². The van der Waals surface area contributed by atoms with E-state index in [2.05, 4.69) is 9.88 Å². The molecule has 9 heteroatoms. The summed E-state index contributed by atoms with van der Waals surface area (Å²) in [4.78, 5) is 21.1. The number of rotatable bonds is 6.